The van der Waals surface area contributed by atoms with Crippen LogP contribution in [0.3, 0.4) is 0 Å². The number of ketones is 1. The molecule has 1 aromatic carbocycles. The zero-order chi connectivity index (χ0) is 28.9. The molecule has 41 heavy (non-hydrogen) atoms. The van der Waals surface area contributed by atoms with Crippen molar-refractivity contribution in [3.63, 3.8) is 0 Å². The van der Waals surface area contributed by atoms with Gasteiger partial charge < -0.3 is 24.2 Å². The lowest BCUT2D eigenvalue weighted by Crippen LogP contribution is -2.42. The summed E-state index contributed by atoms with van der Waals surface area (Å²) in [6.45, 7) is 8.15. The van der Waals surface area contributed by atoms with Crippen molar-refractivity contribution in [1.82, 2.24) is 19.2 Å². The van der Waals surface area contributed by atoms with Crippen molar-refractivity contribution in [2.45, 2.75) is 39.2 Å². The van der Waals surface area contributed by atoms with E-state index in [1.165, 1.54) is 0 Å². The number of aryl methyl sites for hydroxylation is 1. The maximum absolute atomic E-state index is 13.6. The number of carbonyl (C=O) groups excluding carboxylic acids is 2. The number of imidazole rings is 1. The summed E-state index contributed by atoms with van der Waals surface area (Å²) in [5.41, 5.74) is 2.26. The normalized spacial score (nSPS) is 19.3. The summed E-state index contributed by atoms with van der Waals surface area (Å²) in [4.78, 5) is 35.5. The van der Waals surface area contributed by atoms with Crippen LogP contribution in [0.4, 0.5) is 0 Å². The van der Waals surface area contributed by atoms with Gasteiger partial charge in [-0.2, -0.15) is 0 Å². The second-order valence-corrected chi connectivity index (χ2v) is 10.4. The average molecular weight is 563 g/mol. The van der Waals surface area contributed by atoms with Gasteiger partial charge in [-0.1, -0.05) is 31.9 Å². The Hall–Kier alpha value is -3.89. The molecule has 0 saturated carbocycles. The van der Waals surface area contributed by atoms with E-state index < -0.39 is 17.7 Å². The van der Waals surface area contributed by atoms with Crippen LogP contribution in [0.25, 0.3) is 11.4 Å². The van der Waals surface area contributed by atoms with E-state index in [4.69, 9.17) is 14.2 Å². The van der Waals surface area contributed by atoms with E-state index in [9.17, 15) is 14.7 Å². The monoisotopic (exact) mass is 562 g/mol. The number of rotatable bonds is 11. The number of fused-ring (bicyclic) bond motifs is 1. The van der Waals surface area contributed by atoms with Crippen LogP contribution < -0.4 is 9.47 Å². The molecule has 0 spiro atoms. The molecule has 1 N–H and O–H groups in total. The zero-order valence-electron chi connectivity index (χ0n) is 24.0. The maximum atomic E-state index is 13.6. The Balaban J connectivity index is 1.57. The number of Topliss-reactive ketones (excluding diaryl/α,β-unsaturated/α-hetero) is 1. The number of morpholine rings is 1. The first-order chi connectivity index (χ1) is 19.9. The predicted molar refractivity (Wildman–Crippen MR) is 154 cm³/mol. The second kappa shape index (κ2) is 12.7. The zero-order valence-corrected chi connectivity index (χ0v) is 24.0. The number of aromatic nitrogens is 2. The number of nitrogens with zero attached hydrogens (tertiary/aromatic N) is 4. The number of aliphatic hydroxyl groups is 1. The summed E-state index contributed by atoms with van der Waals surface area (Å²) in [6.07, 6.45) is 4.87. The van der Waals surface area contributed by atoms with E-state index in [1.54, 1.807) is 35.6 Å². The van der Waals surface area contributed by atoms with Crippen molar-refractivity contribution in [1.29, 1.82) is 0 Å². The Morgan fingerprint density at radius 1 is 1.10 bits per heavy atom. The largest absolute Gasteiger partial charge is 0.505 e. The van der Waals surface area contributed by atoms with Gasteiger partial charge >= 0.3 is 0 Å². The fraction of sp³-hybridized carbons (Fsp3) is 0.452. The lowest BCUT2D eigenvalue weighted by Gasteiger charge is -2.31. The van der Waals surface area contributed by atoms with Gasteiger partial charge in [-0.15, -0.1) is 0 Å². The van der Waals surface area contributed by atoms with Gasteiger partial charge in [-0.3, -0.25) is 18.9 Å². The van der Waals surface area contributed by atoms with Gasteiger partial charge in [0.25, 0.3) is 11.7 Å². The Labute approximate surface area is 240 Å². The number of benzene rings is 1. The van der Waals surface area contributed by atoms with Crippen LogP contribution in [-0.2, 0) is 14.3 Å². The molecule has 3 aromatic rings. The molecule has 1 atom stereocenters. The minimum absolute atomic E-state index is 0.0318. The molecule has 10 nitrogen and oxygen atoms in total. The number of unbranched alkanes of at least 4 members (excludes halogenated alkanes) is 2. The average Bonchev–Trinajstić information content (AvgIpc) is 3.46. The first-order valence-electron chi connectivity index (χ1n) is 14.3. The molecule has 2 fully saturated rings. The van der Waals surface area contributed by atoms with Gasteiger partial charge in [0.15, 0.2) is 17.3 Å². The molecule has 0 radical (unpaired) electrons. The summed E-state index contributed by atoms with van der Waals surface area (Å²) in [5, 5.41) is 11.7. The van der Waals surface area contributed by atoms with Crippen molar-refractivity contribution >= 4 is 23.1 Å². The Kier molecular flexibility index (Phi) is 8.90. The third kappa shape index (κ3) is 5.80. The third-order valence-corrected chi connectivity index (χ3v) is 7.74. The number of hydrogen-bond donors (Lipinski definition) is 1. The van der Waals surface area contributed by atoms with Gasteiger partial charge in [0.05, 0.1) is 44.2 Å². The standard InChI is InChI=1S/C31H38N4O6/c1-4-5-8-17-41-23-11-10-22(20-24(23)39-3)28-26(29(36)27-21(2)32-25-9-6-7-12-34(25)27)30(37)31(38)35(28)14-13-33-15-18-40-19-16-33/h6-7,9-12,20,28,36H,4-5,8,13-19H2,1-3H3. The Morgan fingerprint density at radius 3 is 2.66 bits per heavy atom. The summed E-state index contributed by atoms with van der Waals surface area (Å²) < 4.78 is 18.8. The topological polar surface area (TPSA) is 106 Å². The molecule has 2 aromatic heterocycles. The van der Waals surface area contributed by atoms with Gasteiger partial charge in [-0.25, -0.2) is 4.98 Å². The highest BCUT2D eigenvalue weighted by molar-refractivity contribution is 6.46. The first kappa shape index (κ1) is 28.6. The highest BCUT2D eigenvalue weighted by atomic mass is 16.5. The fourth-order valence-corrected chi connectivity index (χ4v) is 5.57. The van der Waals surface area contributed by atoms with Crippen LogP contribution in [-0.4, -0.2) is 89.1 Å². The number of carbonyl (C=O) groups is 2. The van der Waals surface area contributed by atoms with E-state index in [0.717, 1.165) is 32.4 Å². The SMILES string of the molecule is CCCCCOc1ccc(C2C(=C(O)c3c(C)nc4ccccn34)C(=O)C(=O)N2CCN2CCOCC2)cc1OC. The maximum Gasteiger partial charge on any atom is 0.295 e. The summed E-state index contributed by atoms with van der Waals surface area (Å²) in [6, 6.07) is 10.1. The Morgan fingerprint density at radius 2 is 1.90 bits per heavy atom. The van der Waals surface area contributed by atoms with E-state index in [0.29, 0.717) is 67.0 Å². The molecule has 218 valence electrons. The number of amides is 1. The van der Waals surface area contributed by atoms with Crippen LogP contribution in [0.5, 0.6) is 11.5 Å². The van der Waals surface area contributed by atoms with E-state index in [-0.39, 0.29) is 11.3 Å². The molecule has 1 unspecified atom stereocenters. The molecule has 1 amide bonds. The molecular formula is C31H38N4O6. The third-order valence-electron chi connectivity index (χ3n) is 7.74. The molecule has 5 rings (SSSR count). The van der Waals surface area contributed by atoms with Crippen molar-refractivity contribution in [3.05, 3.63) is 65.1 Å². The second-order valence-electron chi connectivity index (χ2n) is 10.4. The number of methoxy groups -OCH3 is 1. The van der Waals surface area contributed by atoms with E-state index >= 15 is 0 Å². The molecule has 2 saturated heterocycles. The lowest BCUT2D eigenvalue weighted by molar-refractivity contribution is -0.140. The van der Waals surface area contributed by atoms with E-state index in [2.05, 4.69) is 16.8 Å². The van der Waals surface area contributed by atoms with Gasteiger partial charge in [0.2, 0.25) is 0 Å². The predicted octanol–water partition coefficient (Wildman–Crippen LogP) is 3.97. The van der Waals surface area contributed by atoms with Crippen molar-refractivity contribution in [2.24, 2.45) is 0 Å². The van der Waals surface area contributed by atoms with Crippen LogP contribution in [0.1, 0.15) is 49.2 Å². The number of ether oxygens (including phenoxy) is 3. The minimum atomic E-state index is -0.812. The van der Waals surface area contributed by atoms with Crippen LogP contribution in [0.2, 0.25) is 0 Å². The first-order valence-corrected chi connectivity index (χ1v) is 14.3. The highest BCUT2D eigenvalue weighted by Crippen LogP contribution is 2.42. The van der Waals surface area contributed by atoms with Crippen molar-refractivity contribution in [3.8, 4) is 11.5 Å². The molecule has 2 aliphatic heterocycles. The summed E-state index contributed by atoms with van der Waals surface area (Å²) >= 11 is 0. The molecule has 0 bridgehead atoms. The molecule has 10 heteroatoms. The quantitative estimate of drug-likeness (QED) is 0.162. The van der Waals surface area contributed by atoms with Crippen LogP contribution in [0.15, 0.2) is 48.2 Å². The Bertz CT molecular complexity index is 1440. The number of pyridine rings is 1. The fourth-order valence-electron chi connectivity index (χ4n) is 5.57. The smallest absolute Gasteiger partial charge is 0.295 e. The molecular weight excluding hydrogens is 524 g/mol. The molecule has 0 aliphatic carbocycles. The van der Waals surface area contributed by atoms with Crippen molar-refractivity contribution < 1.29 is 28.9 Å². The molecule has 2 aliphatic rings. The molecule has 4 heterocycles. The number of hydrogen-bond acceptors (Lipinski definition) is 8. The van der Waals surface area contributed by atoms with Gasteiger partial charge in [0.1, 0.15) is 11.3 Å². The summed E-state index contributed by atoms with van der Waals surface area (Å²) in [5.74, 6) is -0.523. The van der Waals surface area contributed by atoms with Gasteiger partial charge in [-0.05, 0) is 43.2 Å². The van der Waals surface area contributed by atoms with E-state index in [1.807, 2.05) is 30.3 Å². The minimum Gasteiger partial charge on any atom is -0.505 e. The van der Waals surface area contributed by atoms with Crippen LogP contribution >= 0.6 is 0 Å². The van der Waals surface area contributed by atoms with Crippen LogP contribution in [0, 0.1) is 6.92 Å². The van der Waals surface area contributed by atoms with Gasteiger partial charge in [0, 0.05) is 32.4 Å². The number of likely N-dealkylation sites (tertiary alicyclic amines) is 1. The van der Waals surface area contributed by atoms with Crippen molar-refractivity contribution in [2.75, 3.05) is 53.1 Å². The lowest BCUT2D eigenvalue weighted by atomic mass is 9.96. The number of aliphatic hydroxyl groups excluding tert-OH is 1. The highest BCUT2D eigenvalue weighted by Gasteiger charge is 2.46. The summed E-state index contributed by atoms with van der Waals surface area (Å²) in [7, 11) is 1.56.